The summed E-state index contributed by atoms with van der Waals surface area (Å²) in [5.41, 5.74) is 5.19. The summed E-state index contributed by atoms with van der Waals surface area (Å²) in [5.74, 6) is -0.991. The van der Waals surface area contributed by atoms with Crippen LogP contribution in [0.2, 0.25) is 0 Å². The fourth-order valence-electron chi connectivity index (χ4n) is 4.06. The molecule has 3 aromatic rings. The lowest BCUT2D eigenvalue weighted by Gasteiger charge is -2.30. The molecule has 1 aliphatic heterocycles. The third-order valence-electron chi connectivity index (χ3n) is 5.85. The van der Waals surface area contributed by atoms with Gasteiger partial charge in [-0.1, -0.05) is 6.92 Å². The normalized spacial score (nSPS) is 16.1. The summed E-state index contributed by atoms with van der Waals surface area (Å²) < 4.78 is 22.8. The van der Waals surface area contributed by atoms with Crippen molar-refractivity contribution in [1.82, 2.24) is 19.6 Å². The van der Waals surface area contributed by atoms with E-state index >= 15 is 0 Å². The third kappa shape index (κ3) is 5.69. The van der Waals surface area contributed by atoms with Crippen LogP contribution in [0.25, 0.3) is 16.9 Å². The number of pyridine rings is 1. The quantitative estimate of drug-likeness (QED) is 0.580. The number of benzene rings is 1. The number of nitrogens with zero attached hydrogens (tertiary/aromatic N) is 3. The Morgan fingerprint density at radius 2 is 2.06 bits per heavy atom. The zero-order chi connectivity index (χ0) is 24.8. The molecule has 0 spiro atoms. The number of carbonyl (C=O) groups excluding carboxylic acids is 2. The van der Waals surface area contributed by atoms with Gasteiger partial charge in [-0.2, -0.15) is 0 Å². The molecule has 3 heterocycles. The summed E-state index contributed by atoms with van der Waals surface area (Å²) in [6.07, 6.45) is 4.23. The molecule has 8 heteroatoms. The van der Waals surface area contributed by atoms with Crippen molar-refractivity contribution in [2.75, 3.05) is 33.8 Å². The number of fused-ring (bicyclic) bond motifs is 1. The Morgan fingerprint density at radius 3 is 2.71 bits per heavy atom. The summed E-state index contributed by atoms with van der Waals surface area (Å²) in [7, 11) is 3.58. The topological polar surface area (TPSA) is 75.9 Å². The number of carbonyl (C=O) groups is 2. The van der Waals surface area contributed by atoms with E-state index in [9.17, 15) is 14.0 Å². The number of aldehydes is 1. The second-order valence-electron chi connectivity index (χ2n) is 8.60. The zero-order valence-corrected chi connectivity index (χ0v) is 20.5. The number of aromatic nitrogens is 2. The Balaban J connectivity index is 0.000000751. The predicted octanol–water partition coefficient (Wildman–Crippen LogP) is 3.59. The lowest BCUT2D eigenvalue weighted by molar-refractivity contribution is -0.107. The van der Waals surface area contributed by atoms with Gasteiger partial charge in [-0.15, -0.1) is 0 Å². The van der Waals surface area contributed by atoms with E-state index in [1.54, 1.807) is 6.07 Å². The van der Waals surface area contributed by atoms with E-state index in [0.717, 1.165) is 47.5 Å². The molecular weight excluding hydrogens is 435 g/mol. The number of hydrogen-bond donors (Lipinski definition) is 1. The number of amides is 1. The van der Waals surface area contributed by atoms with Crippen LogP contribution in [0.5, 0.6) is 0 Å². The molecular formula is C26H33FN4O3. The van der Waals surface area contributed by atoms with Crippen molar-refractivity contribution >= 4 is 17.8 Å². The third-order valence-corrected chi connectivity index (χ3v) is 5.85. The van der Waals surface area contributed by atoms with E-state index in [4.69, 9.17) is 9.72 Å². The fourth-order valence-corrected chi connectivity index (χ4v) is 4.06. The number of aryl methyl sites for hydroxylation is 2. The van der Waals surface area contributed by atoms with Gasteiger partial charge < -0.3 is 24.1 Å². The number of imidazole rings is 1. The highest BCUT2D eigenvalue weighted by molar-refractivity contribution is 5.95. The highest BCUT2D eigenvalue weighted by Crippen LogP contribution is 2.31. The van der Waals surface area contributed by atoms with Gasteiger partial charge in [0.1, 0.15) is 17.8 Å². The number of ether oxygens (including phenoxy) is 1. The van der Waals surface area contributed by atoms with Crippen LogP contribution in [-0.4, -0.2) is 66.4 Å². The molecule has 1 fully saturated rings. The van der Waals surface area contributed by atoms with Crippen molar-refractivity contribution < 1.29 is 18.7 Å². The summed E-state index contributed by atoms with van der Waals surface area (Å²) in [6, 6.07) is 7.07. The highest BCUT2D eigenvalue weighted by atomic mass is 19.1. The first-order valence-corrected chi connectivity index (χ1v) is 11.5. The molecule has 1 aromatic carbocycles. The summed E-state index contributed by atoms with van der Waals surface area (Å²) >= 11 is 0. The zero-order valence-electron chi connectivity index (χ0n) is 20.5. The molecule has 0 bridgehead atoms. The molecule has 1 N–H and O–H groups in total. The maximum Gasteiger partial charge on any atom is 0.254 e. The molecule has 0 unspecified atom stereocenters. The average molecular weight is 469 g/mol. The fraction of sp³-hybridized carbons (Fsp3) is 0.423. The number of nitrogens with one attached hydrogen (secondary N) is 1. The van der Waals surface area contributed by atoms with Crippen LogP contribution < -0.4 is 5.32 Å². The molecule has 1 saturated heterocycles. The van der Waals surface area contributed by atoms with Gasteiger partial charge in [-0.25, -0.2) is 9.37 Å². The van der Waals surface area contributed by atoms with Gasteiger partial charge in [0.2, 0.25) is 0 Å². The molecule has 0 saturated carbocycles. The molecule has 0 aliphatic carbocycles. The van der Waals surface area contributed by atoms with E-state index < -0.39 is 11.7 Å². The highest BCUT2D eigenvalue weighted by Gasteiger charge is 2.24. The van der Waals surface area contributed by atoms with E-state index in [0.29, 0.717) is 25.0 Å². The van der Waals surface area contributed by atoms with Crippen LogP contribution in [0.1, 0.15) is 40.5 Å². The predicted molar refractivity (Wildman–Crippen MR) is 131 cm³/mol. The summed E-state index contributed by atoms with van der Waals surface area (Å²) in [4.78, 5) is 28.3. The lowest BCUT2D eigenvalue weighted by Crippen LogP contribution is -2.41. The molecule has 1 aliphatic rings. The first-order chi connectivity index (χ1) is 16.3. The van der Waals surface area contributed by atoms with Crippen LogP contribution in [0, 0.1) is 19.7 Å². The minimum atomic E-state index is -0.553. The molecule has 2 aromatic heterocycles. The molecule has 34 heavy (non-hydrogen) atoms. The first kappa shape index (κ1) is 25.5. The Morgan fingerprint density at radius 1 is 1.32 bits per heavy atom. The Kier molecular flexibility index (Phi) is 8.52. The Hall–Kier alpha value is -3.10. The SMILES string of the molecule is CCC=O.CNC(=O)c1cc(C)c(-c2nc3cc(C)ccn3c2C[C@H]2CN(C)CCO2)cc1F. The number of rotatable bonds is 5. The monoisotopic (exact) mass is 468 g/mol. The minimum absolute atomic E-state index is 0.0390. The van der Waals surface area contributed by atoms with Crippen molar-refractivity contribution in [1.29, 1.82) is 0 Å². The molecule has 182 valence electrons. The maximum atomic E-state index is 14.8. The molecule has 1 atom stereocenters. The Bertz CT molecular complexity index is 1170. The van der Waals surface area contributed by atoms with Gasteiger partial charge in [-0.3, -0.25) is 4.79 Å². The minimum Gasteiger partial charge on any atom is -0.375 e. The smallest absolute Gasteiger partial charge is 0.254 e. The number of likely N-dealkylation sites (N-methyl/N-ethyl adjacent to an activating group) is 1. The van der Waals surface area contributed by atoms with Crippen LogP contribution in [0.15, 0.2) is 30.5 Å². The van der Waals surface area contributed by atoms with Gasteiger partial charge in [0.25, 0.3) is 5.91 Å². The van der Waals surface area contributed by atoms with E-state index in [-0.39, 0.29) is 11.7 Å². The first-order valence-electron chi connectivity index (χ1n) is 11.5. The van der Waals surface area contributed by atoms with Crippen molar-refractivity contribution in [2.45, 2.75) is 39.7 Å². The van der Waals surface area contributed by atoms with Crippen LogP contribution >= 0.6 is 0 Å². The number of morpholine rings is 1. The Labute approximate surface area is 199 Å². The van der Waals surface area contributed by atoms with Crippen LogP contribution in [0.3, 0.4) is 0 Å². The van der Waals surface area contributed by atoms with Gasteiger partial charge >= 0.3 is 0 Å². The van der Waals surface area contributed by atoms with Gasteiger partial charge in [0.15, 0.2) is 0 Å². The molecule has 7 nitrogen and oxygen atoms in total. The molecule has 4 rings (SSSR count). The second-order valence-corrected chi connectivity index (χ2v) is 8.60. The molecule has 0 radical (unpaired) electrons. The lowest BCUT2D eigenvalue weighted by atomic mass is 9.98. The van der Waals surface area contributed by atoms with Gasteiger partial charge in [0.05, 0.1) is 29.7 Å². The van der Waals surface area contributed by atoms with Crippen molar-refractivity contribution in [2.24, 2.45) is 0 Å². The molecule has 1 amide bonds. The van der Waals surface area contributed by atoms with E-state index in [1.807, 2.05) is 39.1 Å². The van der Waals surface area contributed by atoms with Crippen molar-refractivity contribution in [3.63, 3.8) is 0 Å². The number of halogens is 1. The van der Waals surface area contributed by atoms with Gasteiger partial charge in [-0.05, 0) is 56.3 Å². The average Bonchev–Trinajstić information content (AvgIpc) is 3.16. The van der Waals surface area contributed by atoms with Crippen molar-refractivity contribution in [3.05, 3.63) is 58.7 Å². The van der Waals surface area contributed by atoms with Crippen molar-refractivity contribution in [3.8, 4) is 11.3 Å². The van der Waals surface area contributed by atoms with E-state index in [1.165, 1.54) is 13.1 Å². The van der Waals surface area contributed by atoms with Crippen LogP contribution in [-0.2, 0) is 16.0 Å². The number of hydrogen-bond acceptors (Lipinski definition) is 5. The summed E-state index contributed by atoms with van der Waals surface area (Å²) in [6.45, 7) is 8.16. The standard InChI is InChI=1S/C23H27FN4O2.C3H6O/c1-14-5-6-28-20(11-16-13-27(4)7-8-30-16)22(26-21(28)9-14)17-12-19(24)18(10-15(17)2)23(29)25-3;1-2-3-4/h5-6,9-10,12,16H,7-8,11,13H2,1-4H3,(H,25,29);3H,2H2,1H3/t16-;/m0./s1. The maximum absolute atomic E-state index is 14.8. The van der Waals surface area contributed by atoms with Gasteiger partial charge in [0, 0.05) is 44.7 Å². The van der Waals surface area contributed by atoms with E-state index in [2.05, 4.69) is 21.7 Å². The largest absolute Gasteiger partial charge is 0.375 e. The second kappa shape index (κ2) is 11.4. The summed E-state index contributed by atoms with van der Waals surface area (Å²) in [5, 5.41) is 2.49. The van der Waals surface area contributed by atoms with Crippen LogP contribution in [0.4, 0.5) is 4.39 Å².